The second-order valence-corrected chi connectivity index (χ2v) is 5.37. The van der Waals surface area contributed by atoms with Crippen LogP contribution >= 0.6 is 0 Å². The van der Waals surface area contributed by atoms with Crippen molar-refractivity contribution in [1.82, 2.24) is 25.0 Å². The molecule has 2 aliphatic heterocycles. The number of piperidine rings is 1. The summed E-state index contributed by atoms with van der Waals surface area (Å²) in [6.07, 6.45) is 3.28. The molecule has 0 radical (unpaired) electrons. The number of aryl methyl sites for hydroxylation is 1. The molecule has 0 atom stereocenters. The number of nitrogens with zero attached hydrogens (tertiary/aromatic N) is 6. The molecule has 0 aromatic carbocycles. The zero-order chi connectivity index (χ0) is 14.3. The van der Waals surface area contributed by atoms with Crippen molar-refractivity contribution in [1.29, 1.82) is 0 Å². The van der Waals surface area contributed by atoms with Crippen molar-refractivity contribution in [3.8, 4) is 0 Å². The van der Waals surface area contributed by atoms with Gasteiger partial charge >= 0.3 is 0 Å². The van der Waals surface area contributed by atoms with Crippen LogP contribution in [0.15, 0.2) is 6.33 Å². The first kappa shape index (κ1) is 12.9. The second-order valence-electron chi connectivity index (χ2n) is 5.37. The van der Waals surface area contributed by atoms with Crippen molar-refractivity contribution in [2.45, 2.75) is 32.1 Å². The van der Waals surface area contributed by atoms with Crippen LogP contribution in [0.3, 0.4) is 0 Å². The molecule has 2 aliphatic rings. The molecule has 0 aliphatic carbocycles. The van der Waals surface area contributed by atoms with Gasteiger partial charge in [-0.2, -0.15) is 0 Å². The summed E-state index contributed by atoms with van der Waals surface area (Å²) in [6.45, 7) is 5.84. The Labute approximate surface area is 122 Å². The Kier molecular flexibility index (Phi) is 3.00. The molecule has 1 spiro atoms. The Balaban J connectivity index is 1.61. The molecule has 4 rings (SSSR count). The maximum absolute atomic E-state index is 5.76. The second kappa shape index (κ2) is 4.88. The lowest BCUT2D eigenvalue weighted by Gasteiger charge is -2.37. The number of rotatable bonds is 2. The SMILES string of the molecule is CCn1nnc2c(N3CCC4(CC3)OCCO4)ncnc21. The molecule has 4 heterocycles. The average molecular weight is 290 g/mol. The summed E-state index contributed by atoms with van der Waals surface area (Å²) >= 11 is 0. The highest BCUT2D eigenvalue weighted by Crippen LogP contribution is 2.33. The molecule has 0 bridgehead atoms. The number of hydrogen-bond donors (Lipinski definition) is 0. The van der Waals surface area contributed by atoms with Crippen molar-refractivity contribution in [3.63, 3.8) is 0 Å². The third-order valence-corrected chi connectivity index (χ3v) is 4.22. The topological polar surface area (TPSA) is 78.2 Å². The van der Waals surface area contributed by atoms with E-state index in [-0.39, 0.29) is 5.79 Å². The van der Waals surface area contributed by atoms with Crippen molar-refractivity contribution < 1.29 is 9.47 Å². The van der Waals surface area contributed by atoms with Gasteiger partial charge in [-0.15, -0.1) is 5.10 Å². The van der Waals surface area contributed by atoms with E-state index in [4.69, 9.17) is 9.47 Å². The van der Waals surface area contributed by atoms with Crippen molar-refractivity contribution in [2.24, 2.45) is 0 Å². The van der Waals surface area contributed by atoms with Gasteiger partial charge in [0.2, 0.25) is 0 Å². The Morgan fingerprint density at radius 2 is 1.95 bits per heavy atom. The van der Waals surface area contributed by atoms with Crippen molar-refractivity contribution >= 4 is 17.0 Å². The number of ether oxygens (including phenoxy) is 2. The normalized spacial score (nSPS) is 21.5. The molecule has 2 aromatic heterocycles. The summed E-state index contributed by atoms with van der Waals surface area (Å²) in [5.74, 6) is 0.483. The van der Waals surface area contributed by atoms with E-state index in [1.54, 1.807) is 11.0 Å². The van der Waals surface area contributed by atoms with Crippen LogP contribution in [0, 0.1) is 0 Å². The van der Waals surface area contributed by atoms with E-state index in [1.165, 1.54) is 0 Å². The maximum Gasteiger partial charge on any atom is 0.183 e. The van der Waals surface area contributed by atoms with Crippen molar-refractivity contribution in [2.75, 3.05) is 31.2 Å². The smallest absolute Gasteiger partial charge is 0.183 e. The largest absolute Gasteiger partial charge is 0.354 e. The van der Waals surface area contributed by atoms with E-state index in [0.29, 0.717) is 13.2 Å². The lowest BCUT2D eigenvalue weighted by molar-refractivity contribution is -0.169. The van der Waals surface area contributed by atoms with Gasteiger partial charge in [0.05, 0.1) is 13.2 Å². The first-order valence-corrected chi connectivity index (χ1v) is 7.38. The predicted octanol–water partition coefficient (Wildman–Crippen LogP) is 0.584. The number of fused-ring (bicyclic) bond motifs is 1. The Hall–Kier alpha value is -1.80. The fourth-order valence-corrected chi connectivity index (χ4v) is 3.07. The molecule has 2 aromatic rings. The molecule has 0 saturated carbocycles. The highest BCUT2D eigenvalue weighted by atomic mass is 16.7. The Bertz CT molecular complexity index is 641. The molecule has 8 heteroatoms. The molecule has 21 heavy (non-hydrogen) atoms. The summed E-state index contributed by atoms with van der Waals surface area (Å²) in [6, 6.07) is 0. The van der Waals surface area contributed by atoms with E-state index in [2.05, 4.69) is 25.2 Å². The van der Waals surface area contributed by atoms with Gasteiger partial charge in [0.15, 0.2) is 22.8 Å². The Morgan fingerprint density at radius 1 is 1.19 bits per heavy atom. The van der Waals surface area contributed by atoms with Gasteiger partial charge in [-0.3, -0.25) is 0 Å². The van der Waals surface area contributed by atoms with Gasteiger partial charge in [-0.1, -0.05) is 5.21 Å². The summed E-state index contributed by atoms with van der Waals surface area (Å²) in [5.41, 5.74) is 1.56. The van der Waals surface area contributed by atoms with E-state index in [0.717, 1.165) is 49.5 Å². The van der Waals surface area contributed by atoms with Crippen LogP contribution in [0.25, 0.3) is 11.2 Å². The van der Waals surface area contributed by atoms with Crippen molar-refractivity contribution in [3.05, 3.63) is 6.33 Å². The molecule has 0 unspecified atom stereocenters. The van der Waals surface area contributed by atoms with E-state index >= 15 is 0 Å². The molecule has 2 saturated heterocycles. The minimum Gasteiger partial charge on any atom is -0.354 e. The summed E-state index contributed by atoms with van der Waals surface area (Å²) < 4.78 is 13.3. The first-order valence-electron chi connectivity index (χ1n) is 7.38. The van der Waals surface area contributed by atoms with Crippen LogP contribution in [0.1, 0.15) is 19.8 Å². The van der Waals surface area contributed by atoms with E-state index in [9.17, 15) is 0 Å². The lowest BCUT2D eigenvalue weighted by atomic mass is 10.0. The fraction of sp³-hybridized carbons (Fsp3) is 0.692. The first-order chi connectivity index (χ1) is 10.3. The zero-order valence-corrected chi connectivity index (χ0v) is 12.0. The fourth-order valence-electron chi connectivity index (χ4n) is 3.07. The van der Waals surface area contributed by atoms with Gasteiger partial charge in [0.1, 0.15) is 6.33 Å². The minimum absolute atomic E-state index is 0.371. The molecule has 2 fully saturated rings. The highest BCUT2D eigenvalue weighted by Gasteiger charge is 2.40. The van der Waals surface area contributed by atoms with Gasteiger partial charge in [-0.05, 0) is 6.92 Å². The van der Waals surface area contributed by atoms with E-state index < -0.39 is 0 Å². The monoisotopic (exact) mass is 290 g/mol. The number of hydrogen-bond acceptors (Lipinski definition) is 7. The van der Waals surface area contributed by atoms with Crippen LogP contribution < -0.4 is 4.90 Å². The molecule has 8 nitrogen and oxygen atoms in total. The van der Waals surface area contributed by atoms with Crippen LogP contribution in [-0.2, 0) is 16.0 Å². The van der Waals surface area contributed by atoms with Crippen LogP contribution in [0.5, 0.6) is 0 Å². The Morgan fingerprint density at radius 3 is 2.67 bits per heavy atom. The van der Waals surface area contributed by atoms with Gasteiger partial charge in [0, 0.05) is 32.5 Å². The third kappa shape index (κ3) is 2.06. The molecular weight excluding hydrogens is 272 g/mol. The molecule has 112 valence electrons. The van der Waals surface area contributed by atoms with Gasteiger partial charge in [0.25, 0.3) is 0 Å². The molecule has 0 N–H and O–H groups in total. The maximum atomic E-state index is 5.76. The summed E-state index contributed by atoms with van der Waals surface area (Å²) in [7, 11) is 0. The standard InChI is InChI=1S/C13H18N6O2/c1-2-19-12-10(16-17-19)11(14-9-15-12)18-5-3-13(4-6-18)20-7-8-21-13/h9H,2-8H2,1H3. The third-order valence-electron chi connectivity index (χ3n) is 4.22. The van der Waals surface area contributed by atoms with Crippen LogP contribution in [0.2, 0.25) is 0 Å². The number of aromatic nitrogens is 5. The molecular formula is C13H18N6O2. The average Bonchev–Trinajstić information content (AvgIpc) is 3.15. The van der Waals surface area contributed by atoms with Gasteiger partial charge in [-0.25, -0.2) is 14.6 Å². The highest BCUT2D eigenvalue weighted by molar-refractivity contribution is 5.82. The summed E-state index contributed by atoms with van der Waals surface area (Å²) in [4.78, 5) is 10.9. The van der Waals surface area contributed by atoms with Gasteiger partial charge < -0.3 is 14.4 Å². The minimum atomic E-state index is -0.371. The lowest BCUT2D eigenvalue weighted by Crippen LogP contribution is -2.45. The molecule has 0 amide bonds. The zero-order valence-electron chi connectivity index (χ0n) is 12.0. The number of anilines is 1. The van der Waals surface area contributed by atoms with Crippen LogP contribution in [0.4, 0.5) is 5.82 Å². The van der Waals surface area contributed by atoms with E-state index in [1.807, 2.05) is 6.92 Å². The summed E-state index contributed by atoms with van der Waals surface area (Å²) in [5, 5.41) is 8.37. The predicted molar refractivity (Wildman–Crippen MR) is 74.9 cm³/mol. The quantitative estimate of drug-likeness (QED) is 0.800. The van der Waals surface area contributed by atoms with Crippen LogP contribution in [-0.4, -0.2) is 57.1 Å².